The van der Waals surface area contributed by atoms with Crippen LogP contribution in [0.4, 0.5) is 5.69 Å². The topological polar surface area (TPSA) is 73.9 Å². The van der Waals surface area contributed by atoms with E-state index in [1.807, 2.05) is 24.3 Å². The van der Waals surface area contributed by atoms with Crippen LogP contribution in [0.15, 0.2) is 42.5 Å². The second-order valence-electron chi connectivity index (χ2n) is 9.07. The highest BCUT2D eigenvalue weighted by Crippen LogP contribution is 2.26. The second-order valence-corrected chi connectivity index (χ2v) is 9.07. The van der Waals surface area contributed by atoms with Crippen LogP contribution in [0.5, 0.6) is 5.75 Å². The number of likely N-dealkylation sites (N-methyl/N-ethyl adjacent to an activating group) is 1. The van der Waals surface area contributed by atoms with Crippen LogP contribution in [0, 0.1) is 0 Å². The quantitative estimate of drug-likeness (QED) is 0.529. The molecule has 182 valence electrons. The van der Waals surface area contributed by atoms with Crippen molar-refractivity contribution in [1.82, 2.24) is 15.1 Å². The summed E-state index contributed by atoms with van der Waals surface area (Å²) >= 11 is 0. The van der Waals surface area contributed by atoms with Crippen molar-refractivity contribution >= 4 is 17.5 Å². The van der Waals surface area contributed by atoms with E-state index >= 15 is 0 Å². The molecule has 0 radical (unpaired) electrons. The number of aryl methyl sites for hydroxylation is 1. The molecule has 2 amide bonds. The molecular weight excluding hydrogens is 428 g/mol. The first-order valence-corrected chi connectivity index (χ1v) is 12.4. The third kappa shape index (κ3) is 6.81. The number of nitrogens with zero attached hydrogens (tertiary/aromatic N) is 2. The summed E-state index contributed by atoms with van der Waals surface area (Å²) in [5.74, 6) is 0.886. The molecule has 2 heterocycles. The minimum Gasteiger partial charge on any atom is -0.494 e. The van der Waals surface area contributed by atoms with Crippen LogP contribution in [0.1, 0.15) is 42.9 Å². The van der Waals surface area contributed by atoms with Crippen molar-refractivity contribution in [3.63, 3.8) is 0 Å². The lowest BCUT2D eigenvalue weighted by Gasteiger charge is -2.34. The van der Waals surface area contributed by atoms with Gasteiger partial charge in [-0.3, -0.25) is 14.5 Å². The number of fused-ring (bicyclic) bond motifs is 1. The summed E-state index contributed by atoms with van der Waals surface area (Å²) in [6.45, 7) is 9.74. The number of rotatable bonds is 10. The summed E-state index contributed by atoms with van der Waals surface area (Å²) < 4.78 is 5.83. The molecule has 7 nitrogen and oxygen atoms in total. The predicted octanol–water partition coefficient (Wildman–Crippen LogP) is 3.18. The summed E-state index contributed by atoms with van der Waals surface area (Å²) in [5, 5.41) is 5.95. The second kappa shape index (κ2) is 12.0. The molecule has 0 aliphatic carbocycles. The molecule has 2 N–H and O–H groups in total. The van der Waals surface area contributed by atoms with Gasteiger partial charge in [-0.15, -0.1) is 0 Å². The Labute approximate surface area is 202 Å². The van der Waals surface area contributed by atoms with E-state index in [1.165, 1.54) is 11.1 Å². The molecule has 0 atom stereocenters. The maximum absolute atomic E-state index is 12.4. The Morgan fingerprint density at radius 3 is 2.59 bits per heavy atom. The molecule has 4 rings (SSSR count). The van der Waals surface area contributed by atoms with Gasteiger partial charge in [0.05, 0.1) is 6.61 Å². The number of benzene rings is 2. The predicted molar refractivity (Wildman–Crippen MR) is 134 cm³/mol. The van der Waals surface area contributed by atoms with Crippen LogP contribution < -0.4 is 15.4 Å². The fourth-order valence-corrected chi connectivity index (χ4v) is 4.54. The van der Waals surface area contributed by atoms with Gasteiger partial charge in [-0.05, 0) is 54.3 Å². The standard InChI is InChI=1S/C27H36N4O3/c1-2-30-13-15-31(16-14-30)20-23-7-4-3-6-22(23)19-28-26(32)8-5-17-34-24-10-11-25-21(18-24)9-12-27(33)29-25/h3-4,6-7,10-11,18H,2,5,8-9,12-17,19-20H2,1H3,(H,28,32)(H,29,33). The zero-order valence-corrected chi connectivity index (χ0v) is 20.1. The fourth-order valence-electron chi connectivity index (χ4n) is 4.54. The van der Waals surface area contributed by atoms with Crippen molar-refractivity contribution in [3.8, 4) is 5.75 Å². The van der Waals surface area contributed by atoms with Gasteiger partial charge >= 0.3 is 0 Å². The molecule has 1 saturated heterocycles. The summed E-state index contributed by atoms with van der Waals surface area (Å²) in [7, 11) is 0. The van der Waals surface area contributed by atoms with Gasteiger partial charge in [-0.1, -0.05) is 31.2 Å². The Hall–Kier alpha value is -2.90. The third-order valence-corrected chi connectivity index (χ3v) is 6.69. The number of carbonyl (C=O) groups is 2. The molecule has 0 saturated carbocycles. The summed E-state index contributed by atoms with van der Waals surface area (Å²) in [4.78, 5) is 28.9. The van der Waals surface area contributed by atoms with Crippen molar-refractivity contribution in [1.29, 1.82) is 0 Å². The number of anilines is 1. The zero-order chi connectivity index (χ0) is 23.8. The first kappa shape index (κ1) is 24.2. The normalized spacial score (nSPS) is 16.6. The number of carbonyl (C=O) groups excluding carboxylic acids is 2. The first-order chi connectivity index (χ1) is 16.6. The van der Waals surface area contributed by atoms with Gasteiger partial charge in [0.1, 0.15) is 5.75 Å². The van der Waals surface area contributed by atoms with Gasteiger partial charge in [-0.2, -0.15) is 0 Å². The Bertz CT molecular complexity index is 986. The van der Waals surface area contributed by atoms with Crippen molar-refractivity contribution in [3.05, 3.63) is 59.2 Å². The fraction of sp³-hybridized carbons (Fsp3) is 0.481. The lowest BCUT2D eigenvalue weighted by atomic mass is 10.0. The van der Waals surface area contributed by atoms with E-state index in [2.05, 4.69) is 45.6 Å². The van der Waals surface area contributed by atoms with E-state index in [9.17, 15) is 9.59 Å². The number of nitrogens with one attached hydrogen (secondary N) is 2. The molecule has 0 aromatic heterocycles. The number of hydrogen-bond donors (Lipinski definition) is 2. The van der Waals surface area contributed by atoms with E-state index < -0.39 is 0 Å². The smallest absolute Gasteiger partial charge is 0.224 e. The number of amides is 2. The van der Waals surface area contributed by atoms with Gasteiger partial charge in [0.15, 0.2) is 0 Å². The van der Waals surface area contributed by atoms with E-state index in [4.69, 9.17) is 4.74 Å². The SMILES string of the molecule is CCN1CCN(Cc2ccccc2CNC(=O)CCCOc2ccc3c(c2)CCC(=O)N3)CC1. The highest BCUT2D eigenvalue weighted by molar-refractivity contribution is 5.94. The molecule has 2 aliphatic heterocycles. The molecule has 2 aromatic rings. The van der Waals surface area contributed by atoms with E-state index in [0.29, 0.717) is 32.4 Å². The van der Waals surface area contributed by atoms with Crippen LogP contribution in [0.2, 0.25) is 0 Å². The summed E-state index contributed by atoms with van der Waals surface area (Å²) in [6.07, 6.45) is 2.33. The van der Waals surface area contributed by atoms with Crippen LogP contribution in [0.3, 0.4) is 0 Å². The Kier molecular flexibility index (Phi) is 8.55. The van der Waals surface area contributed by atoms with Gasteiger partial charge in [-0.25, -0.2) is 0 Å². The minimum absolute atomic E-state index is 0.0446. The first-order valence-electron chi connectivity index (χ1n) is 12.4. The van der Waals surface area contributed by atoms with Gasteiger partial charge in [0.25, 0.3) is 0 Å². The largest absolute Gasteiger partial charge is 0.494 e. The number of hydrogen-bond acceptors (Lipinski definition) is 5. The monoisotopic (exact) mass is 464 g/mol. The lowest BCUT2D eigenvalue weighted by molar-refractivity contribution is -0.121. The average molecular weight is 465 g/mol. The Balaban J connectivity index is 1.17. The molecule has 0 bridgehead atoms. The zero-order valence-electron chi connectivity index (χ0n) is 20.1. The molecule has 34 heavy (non-hydrogen) atoms. The third-order valence-electron chi connectivity index (χ3n) is 6.69. The molecule has 2 aliphatic rings. The highest BCUT2D eigenvalue weighted by Gasteiger charge is 2.17. The highest BCUT2D eigenvalue weighted by atomic mass is 16.5. The van der Waals surface area contributed by atoms with Crippen LogP contribution in [0.25, 0.3) is 0 Å². The summed E-state index contributed by atoms with van der Waals surface area (Å²) in [5.41, 5.74) is 4.44. The van der Waals surface area contributed by atoms with Gasteiger partial charge in [0.2, 0.25) is 11.8 Å². The van der Waals surface area contributed by atoms with Crippen LogP contribution >= 0.6 is 0 Å². The van der Waals surface area contributed by atoms with E-state index in [1.54, 1.807) is 0 Å². The lowest BCUT2D eigenvalue weighted by Crippen LogP contribution is -2.45. The summed E-state index contributed by atoms with van der Waals surface area (Å²) in [6, 6.07) is 14.1. The van der Waals surface area contributed by atoms with E-state index in [-0.39, 0.29) is 11.8 Å². The van der Waals surface area contributed by atoms with Crippen molar-refractivity contribution in [2.24, 2.45) is 0 Å². The average Bonchev–Trinajstić information content (AvgIpc) is 2.86. The van der Waals surface area contributed by atoms with Gasteiger partial charge < -0.3 is 20.3 Å². The Morgan fingerprint density at radius 2 is 1.79 bits per heavy atom. The van der Waals surface area contributed by atoms with Crippen molar-refractivity contribution in [2.45, 2.75) is 45.7 Å². The Morgan fingerprint density at radius 1 is 1.03 bits per heavy atom. The van der Waals surface area contributed by atoms with Crippen LogP contribution in [-0.2, 0) is 29.1 Å². The molecule has 7 heteroatoms. The minimum atomic E-state index is 0.0446. The van der Waals surface area contributed by atoms with E-state index in [0.717, 1.165) is 62.7 Å². The molecule has 0 spiro atoms. The maximum atomic E-state index is 12.4. The van der Waals surface area contributed by atoms with Gasteiger partial charge in [0, 0.05) is 57.8 Å². The van der Waals surface area contributed by atoms with Crippen molar-refractivity contribution in [2.75, 3.05) is 44.6 Å². The molecular formula is C27H36N4O3. The number of ether oxygens (including phenoxy) is 1. The number of piperazine rings is 1. The maximum Gasteiger partial charge on any atom is 0.224 e. The molecule has 2 aromatic carbocycles. The molecule has 1 fully saturated rings. The van der Waals surface area contributed by atoms with Crippen molar-refractivity contribution < 1.29 is 14.3 Å². The van der Waals surface area contributed by atoms with Crippen LogP contribution in [-0.4, -0.2) is 60.9 Å². The molecule has 0 unspecified atom stereocenters.